The van der Waals surface area contributed by atoms with Gasteiger partial charge in [0.05, 0.1) is 11.4 Å². The number of fused-ring (bicyclic) bond motifs is 1. The molecule has 0 unspecified atom stereocenters. The number of rotatable bonds is 2. The lowest BCUT2D eigenvalue weighted by Gasteiger charge is -2.21. The maximum absolute atomic E-state index is 11.9. The number of carboxylic acid groups (broad SMARTS) is 1. The number of nitrogens with two attached hydrogens (primary N) is 1. The summed E-state index contributed by atoms with van der Waals surface area (Å²) < 4.78 is 0. The van der Waals surface area contributed by atoms with E-state index in [4.69, 9.17) is 10.8 Å². The number of para-hydroxylation sites is 2. The minimum absolute atomic E-state index is 0.298. The van der Waals surface area contributed by atoms with Crippen molar-refractivity contribution in [3.05, 3.63) is 24.3 Å². The summed E-state index contributed by atoms with van der Waals surface area (Å²) in [4.78, 5) is 23.9. The van der Waals surface area contributed by atoms with E-state index in [1.807, 2.05) is 6.07 Å². The molecule has 6 heteroatoms. The topological polar surface area (TPSA) is 95.7 Å². The number of carbonyl (C=O) groups is 2. The van der Waals surface area contributed by atoms with Crippen molar-refractivity contribution in [1.82, 2.24) is 0 Å². The van der Waals surface area contributed by atoms with Gasteiger partial charge in [0.2, 0.25) is 5.91 Å². The van der Waals surface area contributed by atoms with Gasteiger partial charge in [-0.15, -0.1) is 0 Å². The number of benzene rings is 1. The fourth-order valence-corrected chi connectivity index (χ4v) is 1.78. The summed E-state index contributed by atoms with van der Waals surface area (Å²) in [7, 11) is 0. The summed E-state index contributed by atoms with van der Waals surface area (Å²) >= 11 is 0. The zero-order valence-corrected chi connectivity index (χ0v) is 9.09. The number of aliphatic carboxylic acids is 1. The number of nitrogens with zero attached hydrogens (tertiary/aromatic N) is 1. The van der Waals surface area contributed by atoms with Gasteiger partial charge in [-0.2, -0.15) is 0 Å². The highest BCUT2D eigenvalue weighted by atomic mass is 16.4. The van der Waals surface area contributed by atoms with Crippen molar-refractivity contribution in [1.29, 1.82) is 0 Å². The highest BCUT2D eigenvalue weighted by Gasteiger charge is 2.28. The Kier molecular flexibility index (Phi) is 2.97. The lowest BCUT2D eigenvalue weighted by molar-refractivity contribution is -0.136. The van der Waals surface area contributed by atoms with Gasteiger partial charge in [0.15, 0.2) is 0 Å². The van der Waals surface area contributed by atoms with E-state index < -0.39 is 12.0 Å². The van der Waals surface area contributed by atoms with Crippen LogP contribution in [0.4, 0.5) is 11.4 Å². The van der Waals surface area contributed by atoms with Gasteiger partial charge < -0.3 is 16.2 Å². The van der Waals surface area contributed by atoms with Crippen molar-refractivity contribution in [3.63, 3.8) is 0 Å². The third-order valence-electron chi connectivity index (χ3n) is 2.58. The van der Waals surface area contributed by atoms with Gasteiger partial charge in [0.1, 0.15) is 12.6 Å². The molecule has 4 N–H and O–H groups in total. The summed E-state index contributed by atoms with van der Waals surface area (Å²) in [6, 6.07) is 6.31. The van der Waals surface area contributed by atoms with E-state index in [0.717, 1.165) is 5.69 Å². The molecular formula is C11H13N3O3. The van der Waals surface area contributed by atoms with E-state index in [0.29, 0.717) is 12.2 Å². The Morgan fingerprint density at radius 1 is 1.53 bits per heavy atom. The molecule has 0 radical (unpaired) electrons. The monoisotopic (exact) mass is 235 g/mol. The molecule has 6 nitrogen and oxygen atoms in total. The molecule has 1 aliphatic heterocycles. The van der Waals surface area contributed by atoms with Crippen LogP contribution in [0.3, 0.4) is 0 Å². The Morgan fingerprint density at radius 3 is 2.94 bits per heavy atom. The van der Waals surface area contributed by atoms with Crippen LogP contribution in [0, 0.1) is 0 Å². The molecule has 0 spiro atoms. The first-order valence-corrected chi connectivity index (χ1v) is 5.21. The Hall–Kier alpha value is -2.08. The maximum atomic E-state index is 11.9. The summed E-state index contributed by atoms with van der Waals surface area (Å²) in [5.74, 6) is -1.45. The molecule has 1 atom stereocenters. The zero-order valence-electron chi connectivity index (χ0n) is 9.09. The number of amides is 1. The van der Waals surface area contributed by atoms with Crippen LogP contribution in [0.15, 0.2) is 24.3 Å². The molecule has 17 heavy (non-hydrogen) atoms. The SMILES string of the molecule is N[C@H]1CNc2ccccc2N(CC(=O)O)C1=O. The minimum atomic E-state index is -1.07. The third kappa shape index (κ3) is 2.21. The Balaban J connectivity index is 2.43. The second kappa shape index (κ2) is 4.42. The second-order valence-electron chi connectivity index (χ2n) is 3.82. The van der Waals surface area contributed by atoms with Gasteiger partial charge in [-0.1, -0.05) is 12.1 Å². The van der Waals surface area contributed by atoms with Crippen molar-refractivity contribution in [2.45, 2.75) is 6.04 Å². The molecule has 0 fully saturated rings. The van der Waals surface area contributed by atoms with E-state index in [-0.39, 0.29) is 12.5 Å². The standard InChI is InChI=1S/C11H13N3O3/c12-7-5-13-8-3-1-2-4-9(8)14(11(7)17)6-10(15)16/h1-4,7,13H,5-6,12H2,(H,15,16)/t7-/m0/s1. The van der Waals surface area contributed by atoms with E-state index in [9.17, 15) is 9.59 Å². The van der Waals surface area contributed by atoms with E-state index in [2.05, 4.69) is 5.32 Å². The van der Waals surface area contributed by atoms with Gasteiger partial charge >= 0.3 is 5.97 Å². The van der Waals surface area contributed by atoms with Crippen LogP contribution in [-0.4, -0.2) is 36.1 Å². The largest absolute Gasteiger partial charge is 0.480 e. The number of hydrogen-bond acceptors (Lipinski definition) is 4. The average Bonchev–Trinajstić information content (AvgIpc) is 2.42. The summed E-state index contributed by atoms with van der Waals surface area (Å²) in [6.45, 7) is -0.0861. The number of hydrogen-bond donors (Lipinski definition) is 3. The molecule has 1 aromatic carbocycles. The van der Waals surface area contributed by atoms with Crippen LogP contribution in [-0.2, 0) is 9.59 Å². The smallest absolute Gasteiger partial charge is 0.323 e. The quantitative estimate of drug-likeness (QED) is 0.663. The maximum Gasteiger partial charge on any atom is 0.323 e. The van der Waals surface area contributed by atoms with Crippen LogP contribution in [0.5, 0.6) is 0 Å². The first kappa shape index (κ1) is 11.4. The first-order chi connectivity index (χ1) is 8.09. The molecule has 0 aromatic heterocycles. The molecule has 1 heterocycles. The predicted octanol–water partition coefficient (Wildman–Crippen LogP) is -0.143. The summed E-state index contributed by atoms with van der Waals surface area (Å²) in [6.07, 6.45) is 0. The number of anilines is 2. The summed E-state index contributed by atoms with van der Waals surface area (Å²) in [5.41, 5.74) is 6.94. The van der Waals surface area contributed by atoms with Gasteiger partial charge in [0.25, 0.3) is 0 Å². The molecular weight excluding hydrogens is 222 g/mol. The fourth-order valence-electron chi connectivity index (χ4n) is 1.78. The summed E-state index contributed by atoms with van der Waals surface area (Å²) in [5, 5.41) is 11.9. The molecule has 0 aliphatic carbocycles. The average molecular weight is 235 g/mol. The normalized spacial score (nSPS) is 19.2. The number of carboxylic acids is 1. The fraction of sp³-hybridized carbons (Fsp3) is 0.273. The van der Waals surface area contributed by atoms with E-state index >= 15 is 0 Å². The molecule has 0 bridgehead atoms. The first-order valence-electron chi connectivity index (χ1n) is 5.21. The molecule has 0 saturated carbocycles. The van der Waals surface area contributed by atoms with E-state index in [1.165, 1.54) is 4.90 Å². The molecule has 1 aromatic rings. The molecule has 1 amide bonds. The van der Waals surface area contributed by atoms with Crippen molar-refractivity contribution < 1.29 is 14.7 Å². The highest BCUT2D eigenvalue weighted by molar-refractivity contribution is 6.04. The number of carbonyl (C=O) groups excluding carboxylic acids is 1. The predicted molar refractivity (Wildman–Crippen MR) is 62.9 cm³/mol. The Bertz CT molecular complexity index is 461. The van der Waals surface area contributed by atoms with Gasteiger partial charge in [-0.05, 0) is 12.1 Å². The molecule has 2 rings (SSSR count). The lowest BCUT2D eigenvalue weighted by Crippen LogP contribution is -2.47. The van der Waals surface area contributed by atoms with E-state index in [1.54, 1.807) is 18.2 Å². The highest BCUT2D eigenvalue weighted by Crippen LogP contribution is 2.27. The van der Waals surface area contributed by atoms with Crippen LogP contribution in [0.2, 0.25) is 0 Å². The van der Waals surface area contributed by atoms with Crippen molar-refractivity contribution in [2.24, 2.45) is 5.73 Å². The van der Waals surface area contributed by atoms with Crippen LogP contribution < -0.4 is 16.0 Å². The minimum Gasteiger partial charge on any atom is -0.480 e. The van der Waals surface area contributed by atoms with Gasteiger partial charge in [0, 0.05) is 6.54 Å². The Labute approximate surface area is 98.0 Å². The van der Waals surface area contributed by atoms with Crippen LogP contribution in [0.1, 0.15) is 0 Å². The van der Waals surface area contributed by atoms with Crippen LogP contribution in [0.25, 0.3) is 0 Å². The third-order valence-corrected chi connectivity index (χ3v) is 2.58. The lowest BCUT2D eigenvalue weighted by atomic mass is 10.2. The second-order valence-corrected chi connectivity index (χ2v) is 3.82. The molecule has 0 saturated heterocycles. The zero-order chi connectivity index (χ0) is 12.4. The van der Waals surface area contributed by atoms with Crippen molar-refractivity contribution >= 4 is 23.3 Å². The van der Waals surface area contributed by atoms with Crippen molar-refractivity contribution in [3.8, 4) is 0 Å². The molecule has 1 aliphatic rings. The van der Waals surface area contributed by atoms with Crippen molar-refractivity contribution in [2.75, 3.05) is 23.3 Å². The molecule has 90 valence electrons. The van der Waals surface area contributed by atoms with Crippen LogP contribution >= 0.6 is 0 Å². The van der Waals surface area contributed by atoms with Gasteiger partial charge in [-0.3, -0.25) is 14.5 Å². The Morgan fingerprint density at radius 2 is 2.24 bits per heavy atom. The number of nitrogens with one attached hydrogen (secondary N) is 1. The van der Waals surface area contributed by atoms with Gasteiger partial charge in [-0.25, -0.2) is 0 Å².